The van der Waals surface area contributed by atoms with Crippen molar-refractivity contribution >= 4 is 27.3 Å². The third kappa shape index (κ3) is 4.91. The number of rotatable bonds is 7. The summed E-state index contributed by atoms with van der Waals surface area (Å²) in [5, 5.41) is 1.77. The molecule has 1 aromatic carbocycles. The fraction of sp³-hybridized carbons (Fsp3) is 0.421. The van der Waals surface area contributed by atoms with Gasteiger partial charge in [0.1, 0.15) is 9.96 Å². The molecule has 28 heavy (non-hydrogen) atoms. The molecule has 1 aliphatic rings. The highest BCUT2D eigenvalue weighted by Crippen LogP contribution is 2.20. The van der Waals surface area contributed by atoms with Crippen molar-refractivity contribution in [1.82, 2.24) is 9.21 Å². The fourth-order valence-corrected chi connectivity index (χ4v) is 5.78. The molecule has 1 aromatic heterocycles. The van der Waals surface area contributed by atoms with Crippen LogP contribution < -0.4 is 9.64 Å². The first-order valence-electron chi connectivity index (χ1n) is 9.14. The zero-order valence-corrected chi connectivity index (χ0v) is 17.8. The molecule has 0 bridgehead atoms. The van der Waals surface area contributed by atoms with Crippen molar-refractivity contribution < 1.29 is 22.8 Å². The maximum Gasteiger partial charge on any atom is 0.277 e. The molecule has 0 spiro atoms. The number of methoxy groups -OCH3 is 1. The highest BCUT2D eigenvalue weighted by atomic mass is 32.2. The van der Waals surface area contributed by atoms with Crippen LogP contribution in [0.5, 0.6) is 5.75 Å². The van der Waals surface area contributed by atoms with Crippen molar-refractivity contribution in [2.45, 2.75) is 10.8 Å². The molecule has 1 saturated heterocycles. The number of sulfonamides is 1. The van der Waals surface area contributed by atoms with Gasteiger partial charge < -0.3 is 14.5 Å². The normalized spacial score (nSPS) is 16.1. The molecular weight excluding hydrogens is 398 g/mol. The molecule has 152 valence electrons. The number of amides is 1. The maximum atomic E-state index is 12.6. The van der Waals surface area contributed by atoms with Crippen LogP contribution >= 0.6 is 11.3 Å². The number of quaternary nitrogens is 1. The van der Waals surface area contributed by atoms with E-state index in [0.717, 1.165) is 16.2 Å². The molecule has 1 N–H and O–H groups in total. The third-order valence-corrected chi connectivity index (χ3v) is 8.20. The predicted octanol–water partition coefficient (Wildman–Crippen LogP) is 0.305. The number of ether oxygens (including phenoxy) is 1. The summed E-state index contributed by atoms with van der Waals surface area (Å²) in [6.07, 6.45) is 0. The number of nitrogens with zero attached hydrogens (tertiary/aromatic N) is 2. The standard InChI is InChI=1S/C19H25N3O4S2/c1-20(14-16-5-7-17(26-2)8-6-16)18(23)15-21-9-11-22(12-10-21)28(24,25)19-4-3-13-27-19/h3-8,13H,9-12,14-15H2,1-2H3/p+1. The van der Waals surface area contributed by atoms with Crippen LogP contribution in [0.2, 0.25) is 0 Å². The van der Waals surface area contributed by atoms with E-state index in [0.29, 0.717) is 43.5 Å². The Bertz CT molecular complexity index is 874. The van der Waals surface area contributed by atoms with E-state index < -0.39 is 10.0 Å². The topological polar surface area (TPSA) is 71.4 Å². The van der Waals surface area contributed by atoms with Crippen LogP contribution in [0.3, 0.4) is 0 Å². The first-order chi connectivity index (χ1) is 13.4. The molecule has 1 fully saturated rings. The minimum atomic E-state index is -3.40. The number of likely N-dealkylation sites (N-methyl/N-ethyl adjacent to an activating group) is 1. The van der Waals surface area contributed by atoms with E-state index in [1.54, 1.807) is 36.6 Å². The number of nitrogens with one attached hydrogen (secondary N) is 1. The van der Waals surface area contributed by atoms with Crippen LogP contribution in [0, 0.1) is 0 Å². The molecule has 9 heteroatoms. The number of thiophene rings is 1. The molecule has 7 nitrogen and oxygen atoms in total. The Labute approximate surface area is 170 Å². The van der Waals surface area contributed by atoms with E-state index in [4.69, 9.17) is 4.74 Å². The van der Waals surface area contributed by atoms with Gasteiger partial charge in [-0.25, -0.2) is 8.42 Å². The summed E-state index contributed by atoms with van der Waals surface area (Å²) in [6, 6.07) is 11.0. The smallest absolute Gasteiger partial charge is 0.277 e. The lowest BCUT2D eigenvalue weighted by Crippen LogP contribution is -3.15. The highest BCUT2D eigenvalue weighted by molar-refractivity contribution is 7.91. The lowest BCUT2D eigenvalue weighted by molar-refractivity contribution is -0.896. The summed E-state index contributed by atoms with van der Waals surface area (Å²) in [5.74, 6) is 0.845. The van der Waals surface area contributed by atoms with Crippen LogP contribution in [0.15, 0.2) is 46.0 Å². The van der Waals surface area contributed by atoms with Gasteiger partial charge in [0, 0.05) is 13.6 Å². The van der Waals surface area contributed by atoms with Gasteiger partial charge in [0.25, 0.3) is 15.9 Å². The van der Waals surface area contributed by atoms with E-state index in [2.05, 4.69) is 0 Å². The SMILES string of the molecule is COc1ccc(CN(C)C(=O)C[NH+]2CCN(S(=O)(=O)c3cccs3)CC2)cc1. The van der Waals surface area contributed by atoms with E-state index in [1.807, 2.05) is 24.3 Å². The summed E-state index contributed by atoms with van der Waals surface area (Å²) in [4.78, 5) is 15.4. The Hall–Kier alpha value is -1.94. The van der Waals surface area contributed by atoms with E-state index in [9.17, 15) is 13.2 Å². The van der Waals surface area contributed by atoms with Crippen molar-refractivity contribution in [2.24, 2.45) is 0 Å². The van der Waals surface area contributed by atoms with E-state index in [1.165, 1.54) is 15.6 Å². The molecular formula is C19H26N3O4S2+. The number of hydrogen-bond acceptors (Lipinski definition) is 5. The number of benzene rings is 1. The summed E-state index contributed by atoms with van der Waals surface area (Å²) in [7, 11) is 0.0185. The Morgan fingerprint density at radius 3 is 2.46 bits per heavy atom. The second-order valence-electron chi connectivity index (χ2n) is 6.86. The Morgan fingerprint density at radius 1 is 1.21 bits per heavy atom. The second-order valence-corrected chi connectivity index (χ2v) is 9.97. The van der Waals surface area contributed by atoms with E-state index >= 15 is 0 Å². The predicted molar refractivity (Wildman–Crippen MR) is 108 cm³/mol. The lowest BCUT2D eigenvalue weighted by Gasteiger charge is -2.31. The van der Waals surface area contributed by atoms with Crippen molar-refractivity contribution in [3.8, 4) is 5.75 Å². The Morgan fingerprint density at radius 2 is 1.89 bits per heavy atom. The van der Waals surface area contributed by atoms with Gasteiger partial charge in [-0.1, -0.05) is 18.2 Å². The monoisotopic (exact) mass is 424 g/mol. The Kier molecular flexibility index (Phi) is 6.71. The molecule has 0 unspecified atom stereocenters. The summed E-state index contributed by atoms with van der Waals surface area (Å²) >= 11 is 1.24. The van der Waals surface area contributed by atoms with Gasteiger partial charge in [-0.3, -0.25) is 4.79 Å². The average molecular weight is 425 g/mol. The molecule has 1 amide bonds. The largest absolute Gasteiger partial charge is 0.497 e. The zero-order valence-electron chi connectivity index (χ0n) is 16.1. The Balaban J connectivity index is 1.49. The molecule has 2 aromatic rings. The van der Waals surface area contributed by atoms with Crippen molar-refractivity contribution in [3.05, 3.63) is 47.3 Å². The summed E-state index contributed by atoms with van der Waals surface area (Å²) in [5.41, 5.74) is 1.04. The van der Waals surface area contributed by atoms with Gasteiger partial charge in [-0.2, -0.15) is 4.31 Å². The third-order valence-electron chi connectivity index (χ3n) is 4.92. The van der Waals surface area contributed by atoms with Crippen LogP contribution in [-0.4, -0.2) is 70.4 Å². The first-order valence-corrected chi connectivity index (χ1v) is 11.5. The lowest BCUT2D eigenvalue weighted by atomic mass is 10.2. The maximum absolute atomic E-state index is 12.6. The fourth-order valence-electron chi connectivity index (χ4n) is 3.20. The molecule has 0 saturated carbocycles. The van der Waals surface area contributed by atoms with Gasteiger partial charge in [0.15, 0.2) is 6.54 Å². The molecule has 0 atom stereocenters. The molecule has 0 radical (unpaired) electrons. The number of hydrogen-bond donors (Lipinski definition) is 1. The first kappa shape index (κ1) is 20.8. The van der Waals surface area contributed by atoms with Gasteiger partial charge in [0.2, 0.25) is 0 Å². The second kappa shape index (κ2) is 9.04. The minimum absolute atomic E-state index is 0.0559. The number of carbonyl (C=O) groups is 1. The molecule has 0 aliphatic carbocycles. The number of carbonyl (C=O) groups excluding carboxylic acids is 1. The van der Waals surface area contributed by atoms with Crippen LogP contribution in [-0.2, 0) is 21.4 Å². The number of piperazine rings is 1. The van der Waals surface area contributed by atoms with Crippen LogP contribution in [0.1, 0.15) is 5.56 Å². The van der Waals surface area contributed by atoms with Crippen LogP contribution in [0.25, 0.3) is 0 Å². The minimum Gasteiger partial charge on any atom is -0.497 e. The van der Waals surface area contributed by atoms with Crippen LogP contribution in [0.4, 0.5) is 0 Å². The molecule has 2 heterocycles. The molecule has 1 aliphatic heterocycles. The highest BCUT2D eigenvalue weighted by Gasteiger charge is 2.32. The van der Waals surface area contributed by atoms with Gasteiger partial charge in [0.05, 0.1) is 33.3 Å². The summed E-state index contributed by atoms with van der Waals surface area (Å²) in [6.45, 7) is 3.05. The summed E-state index contributed by atoms with van der Waals surface area (Å²) < 4.78 is 32.2. The van der Waals surface area contributed by atoms with Gasteiger partial charge in [-0.05, 0) is 29.1 Å². The molecule has 3 rings (SSSR count). The zero-order chi connectivity index (χ0) is 20.1. The van der Waals surface area contributed by atoms with Crippen molar-refractivity contribution in [2.75, 3.05) is 46.9 Å². The average Bonchev–Trinajstić information content (AvgIpc) is 3.25. The van der Waals surface area contributed by atoms with Crippen molar-refractivity contribution in [1.29, 1.82) is 0 Å². The quantitative estimate of drug-likeness (QED) is 0.694. The van der Waals surface area contributed by atoms with E-state index in [-0.39, 0.29) is 5.91 Å². The van der Waals surface area contributed by atoms with Crippen molar-refractivity contribution in [3.63, 3.8) is 0 Å². The van der Waals surface area contributed by atoms with Gasteiger partial charge in [-0.15, -0.1) is 11.3 Å². The van der Waals surface area contributed by atoms with Gasteiger partial charge >= 0.3 is 0 Å².